The maximum absolute atomic E-state index is 14.1. The van der Waals surface area contributed by atoms with Crippen LogP contribution in [0.4, 0.5) is 9.52 Å². The van der Waals surface area contributed by atoms with Crippen LogP contribution in [0.15, 0.2) is 72.1 Å². The Hall–Kier alpha value is -2.83. The number of hydrogen-bond donors (Lipinski definition) is 0. The number of carbonyl (C=O) groups is 1. The molecule has 0 unspecified atom stereocenters. The van der Waals surface area contributed by atoms with Crippen LogP contribution in [0.5, 0.6) is 0 Å². The highest BCUT2D eigenvalue weighted by atomic mass is 32.1. The highest BCUT2D eigenvalue weighted by molar-refractivity contribution is 7.22. The van der Waals surface area contributed by atoms with Crippen LogP contribution in [0.3, 0.4) is 0 Å². The molecule has 1 amide bonds. The number of thiazole rings is 1. The minimum absolute atomic E-state index is 0.188. The summed E-state index contributed by atoms with van der Waals surface area (Å²) >= 11 is 2.88. The number of carbonyl (C=O) groups excluding carboxylic acids is 1. The molecule has 0 bridgehead atoms. The van der Waals surface area contributed by atoms with Gasteiger partial charge in [-0.1, -0.05) is 53.8 Å². The summed E-state index contributed by atoms with van der Waals surface area (Å²) in [5.74, 6) is -0.567. The van der Waals surface area contributed by atoms with Gasteiger partial charge in [-0.05, 0) is 35.2 Å². The fraction of sp³-hybridized carbons (Fsp3) is 0.0476. The molecule has 2 aromatic carbocycles. The zero-order valence-electron chi connectivity index (χ0n) is 14.2. The van der Waals surface area contributed by atoms with Crippen LogP contribution >= 0.6 is 22.7 Å². The molecule has 0 radical (unpaired) electrons. The molecule has 134 valence electrons. The van der Waals surface area contributed by atoms with E-state index in [0.29, 0.717) is 17.2 Å². The smallest absolute Gasteiger partial charge is 0.253 e. The van der Waals surface area contributed by atoms with Crippen LogP contribution in [0.1, 0.15) is 10.4 Å². The third kappa shape index (κ3) is 3.97. The number of thiophene rings is 1. The van der Waals surface area contributed by atoms with Crippen LogP contribution in [-0.2, 0) is 11.3 Å². The van der Waals surface area contributed by atoms with Crippen molar-refractivity contribution < 1.29 is 9.18 Å². The second kappa shape index (κ2) is 7.82. The van der Waals surface area contributed by atoms with Gasteiger partial charge < -0.3 is 0 Å². The summed E-state index contributed by atoms with van der Waals surface area (Å²) in [7, 11) is 0. The molecular formula is C21H15FN2OS2. The Morgan fingerprint density at radius 3 is 2.67 bits per heavy atom. The lowest BCUT2D eigenvalue weighted by molar-refractivity contribution is -0.114. The van der Waals surface area contributed by atoms with E-state index in [4.69, 9.17) is 0 Å². The fourth-order valence-electron chi connectivity index (χ4n) is 2.65. The van der Waals surface area contributed by atoms with Crippen molar-refractivity contribution >= 4 is 50.0 Å². The van der Waals surface area contributed by atoms with Crippen molar-refractivity contribution in [2.24, 2.45) is 0 Å². The SMILES string of the molecule is O=C(/C=C/c1cccs1)N(Cc1ccccc1)c1nc2c(F)cccc2s1. The van der Waals surface area contributed by atoms with E-state index in [1.54, 1.807) is 28.4 Å². The first-order valence-electron chi connectivity index (χ1n) is 8.33. The van der Waals surface area contributed by atoms with E-state index in [9.17, 15) is 9.18 Å². The summed E-state index contributed by atoms with van der Waals surface area (Å²) in [6.07, 6.45) is 3.33. The van der Waals surface area contributed by atoms with E-state index in [1.807, 2.05) is 53.9 Å². The molecule has 2 aromatic heterocycles. The number of fused-ring (bicyclic) bond motifs is 1. The standard InChI is InChI=1S/C21H15FN2OS2/c22-17-9-4-10-18-20(17)23-21(27-18)24(14-15-6-2-1-3-7-15)19(25)12-11-16-8-5-13-26-16/h1-13H,14H2/b12-11+. The molecule has 4 aromatic rings. The summed E-state index contributed by atoms with van der Waals surface area (Å²) in [4.78, 5) is 19.9. The molecule has 0 aliphatic rings. The number of nitrogens with zero attached hydrogens (tertiary/aromatic N) is 2. The van der Waals surface area contributed by atoms with Gasteiger partial charge in [0.05, 0.1) is 11.2 Å². The molecule has 2 heterocycles. The number of para-hydroxylation sites is 1. The minimum Gasteiger partial charge on any atom is -0.280 e. The average molecular weight is 394 g/mol. The number of aromatic nitrogens is 1. The summed E-state index contributed by atoms with van der Waals surface area (Å²) in [6.45, 7) is 0.371. The predicted molar refractivity (Wildman–Crippen MR) is 111 cm³/mol. The van der Waals surface area contributed by atoms with Gasteiger partial charge in [-0.3, -0.25) is 9.69 Å². The van der Waals surface area contributed by atoms with Crippen molar-refractivity contribution in [1.29, 1.82) is 0 Å². The zero-order valence-corrected chi connectivity index (χ0v) is 15.8. The lowest BCUT2D eigenvalue weighted by atomic mass is 10.2. The first-order chi connectivity index (χ1) is 13.2. The molecule has 0 atom stereocenters. The van der Waals surface area contributed by atoms with Crippen molar-refractivity contribution in [2.45, 2.75) is 6.54 Å². The molecule has 0 spiro atoms. The van der Waals surface area contributed by atoms with Crippen molar-refractivity contribution in [3.05, 3.63) is 88.4 Å². The molecule has 0 aliphatic carbocycles. The maximum atomic E-state index is 14.1. The van der Waals surface area contributed by atoms with Crippen molar-refractivity contribution in [3.8, 4) is 0 Å². The van der Waals surface area contributed by atoms with Crippen LogP contribution < -0.4 is 4.90 Å². The number of amides is 1. The van der Waals surface area contributed by atoms with E-state index < -0.39 is 0 Å². The van der Waals surface area contributed by atoms with Gasteiger partial charge in [0.1, 0.15) is 11.3 Å². The van der Waals surface area contributed by atoms with Gasteiger partial charge >= 0.3 is 0 Å². The molecule has 27 heavy (non-hydrogen) atoms. The van der Waals surface area contributed by atoms with Gasteiger partial charge in [0.15, 0.2) is 5.13 Å². The Bertz CT molecular complexity index is 1090. The van der Waals surface area contributed by atoms with E-state index in [-0.39, 0.29) is 11.7 Å². The molecule has 3 nitrogen and oxygen atoms in total. The molecule has 0 saturated carbocycles. The lowest BCUT2D eigenvalue weighted by Gasteiger charge is -2.18. The van der Waals surface area contributed by atoms with Crippen LogP contribution in [-0.4, -0.2) is 10.9 Å². The van der Waals surface area contributed by atoms with E-state index >= 15 is 0 Å². The molecule has 0 aliphatic heterocycles. The van der Waals surface area contributed by atoms with Crippen molar-refractivity contribution in [1.82, 2.24) is 4.98 Å². The maximum Gasteiger partial charge on any atom is 0.253 e. The monoisotopic (exact) mass is 394 g/mol. The lowest BCUT2D eigenvalue weighted by Crippen LogP contribution is -2.28. The van der Waals surface area contributed by atoms with Crippen LogP contribution in [0, 0.1) is 5.82 Å². The summed E-state index contributed by atoms with van der Waals surface area (Å²) in [5, 5.41) is 2.45. The molecule has 6 heteroatoms. The van der Waals surface area contributed by atoms with Crippen LogP contribution in [0.2, 0.25) is 0 Å². The third-order valence-corrected chi connectivity index (χ3v) is 5.85. The largest absolute Gasteiger partial charge is 0.280 e. The number of rotatable bonds is 5. The zero-order chi connectivity index (χ0) is 18.6. The third-order valence-electron chi connectivity index (χ3n) is 3.97. The van der Waals surface area contributed by atoms with Gasteiger partial charge in [0.2, 0.25) is 0 Å². The van der Waals surface area contributed by atoms with Gasteiger partial charge in [0.25, 0.3) is 5.91 Å². The Labute approximate surface area is 164 Å². The van der Waals surface area contributed by atoms with Gasteiger partial charge in [-0.25, -0.2) is 9.37 Å². The molecule has 4 rings (SSSR count). The average Bonchev–Trinajstić information content (AvgIpc) is 3.35. The van der Waals surface area contributed by atoms with Crippen molar-refractivity contribution in [3.63, 3.8) is 0 Å². The molecular weight excluding hydrogens is 379 g/mol. The van der Waals surface area contributed by atoms with Crippen LogP contribution in [0.25, 0.3) is 16.3 Å². The first kappa shape index (κ1) is 17.6. The number of anilines is 1. The van der Waals surface area contributed by atoms with Gasteiger partial charge in [-0.15, -0.1) is 11.3 Å². The Balaban J connectivity index is 1.70. The van der Waals surface area contributed by atoms with E-state index in [1.165, 1.54) is 23.5 Å². The summed E-state index contributed by atoms with van der Waals surface area (Å²) in [6, 6.07) is 18.4. The summed E-state index contributed by atoms with van der Waals surface area (Å²) < 4.78 is 14.8. The minimum atomic E-state index is -0.378. The number of halogens is 1. The van der Waals surface area contributed by atoms with Gasteiger partial charge in [0, 0.05) is 11.0 Å². The quantitative estimate of drug-likeness (QED) is 0.404. The highest BCUT2D eigenvalue weighted by Crippen LogP contribution is 2.31. The number of benzene rings is 2. The Morgan fingerprint density at radius 1 is 1.07 bits per heavy atom. The normalized spacial score (nSPS) is 11.3. The molecule has 0 fully saturated rings. The highest BCUT2D eigenvalue weighted by Gasteiger charge is 2.19. The van der Waals surface area contributed by atoms with Gasteiger partial charge in [-0.2, -0.15) is 0 Å². The Kier molecular flexibility index (Phi) is 5.09. The topological polar surface area (TPSA) is 33.2 Å². The Morgan fingerprint density at radius 2 is 1.93 bits per heavy atom. The second-order valence-electron chi connectivity index (χ2n) is 5.84. The second-order valence-corrected chi connectivity index (χ2v) is 7.83. The first-order valence-corrected chi connectivity index (χ1v) is 10.0. The van der Waals surface area contributed by atoms with Crippen molar-refractivity contribution in [2.75, 3.05) is 4.90 Å². The fourth-order valence-corrected chi connectivity index (χ4v) is 4.26. The molecule has 0 saturated heterocycles. The predicted octanol–water partition coefficient (Wildman–Crippen LogP) is 5.74. The van der Waals surface area contributed by atoms with E-state index in [0.717, 1.165) is 15.1 Å². The number of hydrogen-bond acceptors (Lipinski definition) is 4. The molecule has 0 N–H and O–H groups in total. The van der Waals surface area contributed by atoms with E-state index in [2.05, 4.69) is 4.98 Å². The summed E-state index contributed by atoms with van der Waals surface area (Å²) in [5.41, 5.74) is 1.28.